The van der Waals surface area contributed by atoms with E-state index >= 15 is 0 Å². The summed E-state index contributed by atoms with van der Waals surface area (Å²) in [5, 5.41) is 18.9. The molecule has 0 saturated carbocycles. The molecule has 1 aliphatic heterocycles. The zero-order valence-corrected chi connectivity index (χ0v) is 16.2. The van der Waals surface area contributed by atoms with Crippen LogP contribution in [-0.2, 0) is 4.74 Å². The molecule has 1 aliphatic rings. The summed E-state index contributed by atoms with van der Waals surface area (Å²) < 4.78 is 11.0. The molecule has 160 valence electrons. The van der Waals surface area contributed by atoms with Crippen LogP contribution in [0.1, 0.15) is 27.1 Å². The summed E-state index contributed by atoms with van der Waals surface area (Å²) in [6.07, 6.45) is 0.832. The van der Waals surface area contributed by atoms with Crippen LogP contribution in [-0.4, -0.2) is 71.5 Å². The van der Waals surface area contributed by atoms with E-state index in [0.29, 0.717) is 12.4 Å². The quantitative estimate of drug-likeness (QED) is 0.462. The fourth-order valence-electron chi connectivity index (χ4n) is 3.36. The van der Waals surface area contributed by atoms with E-state index in [1.54, 1.807) is 12.1 Å². The average Bonchev–Trinajstić information content (AvgIpc) is 2.71. The van der Waals surface area contributed by atoms with Crippen LogP contribution in [0.2, 0.25) is 0 Å². The van der Waals surface area contributed by atoms with Crippen LogP contribution in [0.15, 0.2) is 29.1 Å². The molecule has 1 aromatic carbocycles. The Hall–Kier alpha value is -3.37. The van der Waals surface area contributed by atoms with Crippen molar-refractivity contribution in [2.75, 3.05) is 45.2 Å². The lowest BCUT2D eigenvalue weighted by Gasteiger charge is -2.26. The monoisotopic (exact) mass is 417 g/mol. The predicted octanol–water partition coefficient (Wildman–Crippen LogP) is 1.12. The number of aromatic carboxylic acids is 2. The molecule has 1 aromatic heterocycles. The fourth-order valence-corrected chi connectivity index (χ4v) is 3.36. The smallest absolute Gasteiger partial charge is 0.342 e. The van der Waals surface area contributed by atoms with Gasteiger partial charge in [-0.3, -0.25) is 9.69 Å². The number of nitrogens with one attached hydrogen (secondary N) is 1. The van der Waals surface area contributed by atoms with Crippen molar-refractivity contribution in [2.24, 2.45) is 0 Å². The number of anilines is 1. The van der Waals surface area contributed by atoms with Crippen LogP contribution in [0, 0.1) is 0 Å². The third-order valence-corrected chi connectivity index (χ3v) is 4.81. The minimum Gasteiger partial charge on any atom is -0.494 e. The van der Waals surface area contributed by atoms with Gasteiger partial charge in [0.1, 0.15) is 22.7 Å². The maximum absolute atomic E-state index is 12.1. The van der Waals surface area contributed by atoms with Crippen LogP contribution in [0.25, 0.3) is 11.1 Å². The van der Waals surface area contributed by atoms with E-state index in [9.17, 15) is 24.6 Å². The number of nitrogens with two attached hydrogens (primary N) is 1. The van der Waals surface area contributed by atoms with Gasteiger partial charge in [-0.2, -0.15) is 0 Å². The summed E-state index contributed by atoms with van der Waals surface area (Å²) in [5.41, 5.74) is 3.52. The van der Waals surface area contributed by atoms with Crippen molar-refractivity contribution in [1.82, 2.24) is 9.88 Å². The molecule has 10 heteroatoms. The number of H-pyrrole nitrogens is 1. The van der Waals surface area contributed by atoms with Gasteiger partial charge in [0.25, 0.3) is 5.56 Å². The van der Waals surface area contributed by atoms with E-state index in [1.807, 2.05) is 0 Å². The van der Waals surface area contributed by atoms with Crippen LogP contribution in [0.5, 0.6) is 5.75 Å². The van der Waals surface area contributed by atoms with E-state index in [1.165, 1.54) is 12.1 Å². The number of morpholine rings is 1. The number of hydrogen-bond donors (Lipinski definition) is 4. The summed E-state index contributed by atoms with van der Waals surface area (Å²) in [6.45, 7) is 4.70. The number of nitrogen functional groups attached to an aromatic ring is 1. The van der Waals surface area contributed by atoms with Crippen molar-refractivity contribution in [2.45, 2.75) is 6.42 Å². The van der Waals surface area contributed by atoms with Gasteiger partial charge in [-0.1, -0.05) is 12.1 Å². The maximum atomic E-state index is 12.1. The molecule has 5 N–H and O–H groups in total. The lowest BCUT2D eigenvalue weighted by Crippen LogP contribution is -2.37. The second kappa shape index (κ2) is 9.42. The number of nitrogens with zero attached hydrogens (tertiary/aromatic N) is 1. The molecule has 30 heavy (non-hydrogen) atoms. The van der Waals surface area contributed by atoms with Crippen molar-refractivity contribution < 1.29 is 29.3 Å². The molecule has 0 unspecified atom stereocenters. The minimum absolute atomic E-state index is 0.239. The molecule has 3 rings (SSSR count). The van der Waals surface area contributed by atoms with E-state index in [0.717, 1.165) is 39.3 Å². The highest BCUT2D eigenvalue weighted by atomic mass is 16.5. The molecule has 0 amide bonds. The van der Waals surface area contributed by atoms with Crippen molar-refractivity contribution in [3.63, 3.8) is 0 Å². The van der Waals surface area contributed by atoms with Crippen LogP contribution in [0.3, 0.4) is 0 Å². The number of rotatable bonds is 8. The Morgan fingerprint density at radius 1 is 1.10 bits per heavy atom. The Kier molecular flexibility index (Phi) is 6.70. The molecule has 0 radical (unpaired) electrons. The number of aromatic amines is 1. The molecule has 10 nitrogen and oxygen atoms in total. The first-order valence-electron chi connectivity index (χ1n) is 9.44. The Balaban J connectivity index is 1.76. The van der Waals surface area contributed by atoms with Crippen LogP contribution < -0.4 is 16.0 Å². The number of carbonyl (C=O) groups is 2. The molecule has 2 heterocycles. The highest BCUT2D eigenvalue weighted by molar-refractivity contribution is 6.07. The number of pyridine rings is 1. The van der Waals surface area contributed by atoms with Gasteiger partial charge in [0.05, 0.1) is 19.8 Å². The van der Waals surface area contributed by atoms with Gasteiger partial charge in [0.2, 0.25) is 0 Å². The van der Waals surface area contributed by atoms with E-state index in [-0.39, 0.29) is 11.1 Å². The van der Waals surface area contributed by atoms with E-state index in [2.05, 4.69) is 9.88 Å². The maximum Gasteiger partial charge on any atom is 0.342 e. The molecule has 2 aromatic rings. The first-order chi connectivity index (χ1) is 14.4. The highest BCUT2D eigenvalue weighted by Crippen LogP contribution is 2.30. The number of carboxylic acid groups (broad SMARTS) is 2. The molecule has 0 bridgehead atoms. The van der Waals surface area contributed by atoms with Crippen molar-refractivity contribution >= 4 is 17.8 Å². The third kappa shape index (κ3) is 4.78. The molecule has 1 fully saturated rings. The molecule has 1 saturated heterocycles. The first kappa shape index (κ1) is 21.3. The SMILES string of the molecule is Nc1[nH]c(=O)c(C(=O)O)c(-c2ccc(OCCCN3CCOCC3)cc2)c1C(=O)O. The summed E-state index contributed by atoms with van der Waals surface area (Å²) in [5.74, 6) is -2.84. The lowest BCUT2D eigenvalue weighted by molar-refractivity contribution is 0.0358. The van der Waals surface area contributed by atoms with Gasteiger partial charge in [-0.05, 0) is 24.1 Å². The summed E-state index contributed by atoms with van der Waals surface area (Å²) in [7, 11) is 0. The second-order valence-corrected chi connectivity index (χ2v) is 6.78. The average molecular weight is 417 g/mol. The second-order valence-electron chi connectivity index (χ2n) is 6.78. The summed E-state index contributed by atoms with van der Waals surface area (Å²) >= 11 is 0. The Bertz CT molecular complexity index is 979. The Morgan fingerprint density at radius 2 is 1.73 bits per heavy atom. The summed E-state index contributed by atoms with van der Waals surface area (Å²) in [4.78, 5) is 39.7. The zero-order valence-electron chi connectivity index (χ0n) is 16.2. The zero-order chi connectivity index (χ0) is 21.7. The minimum atomic E-state index is -1.54. The Labute approximate surface area is 171 Å². The molecule has 0 spiro atoms. The Morgan fingerprint density at radius 3 is 2.33 bits per heavy atom. The summed E-state index contributed by atoms with van der Waals surface area (Å²) in [6, 6.07) is 6.20. The van der Waals surface area contributed by atoms with Gasteiger partial charge >= 0.3 is 11.9 Å². The molecular formula is C20H23N3O7. The van der Waals surface area contributed by atoms with Gasteiger partial charge < -0.3 is 30.4 Å². The molecule has 0 atom stereocenters. The van der Waals surface area contributed by atoms with Crippen LogP contribution >= 0.6 is 0 Å². The predicted molar refractivity (Wildman–Crippen MR) is 108 cm³/mol. The molecular weight excluding hydrogens is 394 g/mol. The van der Waals surface area contributed by atoms with Gasteiger partial charge in [0.15, 0.2) is 0 Å². The van der Waals surface area contributed by atoms with Crippen molar-refractivity contribution in [3.05, 3.63) is 45.7 Å². The number of carboxylic acids is 2. The van der Waals surface area contributed by atoms with E-state index < -0.39 is 34.4 Å². The fraction of sp³-hybridized carbons (Fsp3) is 0.350. The number of aromatic nitrogens is 1. The lowest BCUT2D eigenvalue weighted by atomic mass is 9.95. The molecule has 0 aliphatic carbocycles. The topological polar surface area (TPSA) is 155 Å². The number of benzene rings is 1. The number of ether oxygens (including phenoxy) is 2. The van der Waals surface area contributed by atoms with Crippen LogP contribution in [0.4, 0.5) is 5.82 Å². The van der Waals surface area contributed by atoms with Crippen molar-refractivity contribution in [3.8, 4) is 16.9 Å². The van der Waals surface area contributed by atoms with Crippen molar-refractivity contribution in [1.29, 1.82) is 0 Å². The largest absolute Gasteiger partial charge is 0.494 e. The third-order valence-electron chi connectivity index (χ3n) is 4.81. The van der Waals surface area contributed by atoms with Gasteiger partial charge in [-0.15, -0.1) is 0 Å². The van der Waals surface area contributed by atoms with Gasteiger partial charge in [0, 0.05) is 25.2 Å². The number of hydrogen-bond acceptors (Lipinski definition) is 7. The van der Waals surface area contributed by atoms with Gasteiger partial charge in [-0.25, -0.2) is 9.59 Å². The standard InChI is InChI=1S/C20H23N3O7/c21-17-15(19(25)26)14(16(20(27)28)18(24)22-17)12-2-4-13(5-3-12)30-9-1-6-23-7-10-29-11-8-23/h2-5H,1,6-11H2,(H,25,26)(H,27,28)(H3,21,22,24). The van der Waals surface area contributed by atoms with E-state index in [4.69, 9.17) is 15.2 Å². The first-order valence-corrected chi connectivity index (χ1v) is 9.44. The highest BCUT2D eigenvalue weighted by Gasteiger charge is 2.26. The normalized spacial score (nSPS) is 14.4.